The van der Waals surface area contributed by atoms with Crippen molar-refractivity contribution in [2.45, 2.75) is 0 Å². The lowest BCUT2D eigenvalue weighted by Crippen LogP contribution is -2.29. The van der Waals surface area contributed by atoms with Gasteiger partial charge in [-0.25, -0.2) is 4.39 Å². The number of nitrogens with one attached hydrogen (secondary N) is 1. The Balaban J connectivity index is 1.71. The molecule has 2 rings (SSSR count). The Morgan fingerprint density at radius 3 is 2.52 bits per heavy atom. The molecule has 0 saturated heterocycles. The van der Waals surface area contributed by atoms with Gasteiger partial charge in [0.2, 0.25) is 0 Å². The van der Waals surface area contributed by atoms with Crippen LogP contribution in [-0.2, 0) is 4.79 Å². The third kappa shape index (κ3) is 5.37. The molecule has 1 amide bonds. The lowest BCUT2D eigenvalue weighted by Gasteiger charge is -2.05. The number of amides is 1. The van der Waals surface area contributed by atoms with Crippen LogP contribution in [0.3, 0.4) is 0 Å². The number of carbonyl (C=O) groups excluding carboxylic acids is 1. The maximum Gasteiger partial charge on any atom is 0.258 e. The Kier molecular flexibility index (Phi) is 5.36. The molecule has 2 aromatic rings. The molecule has 0 fully saturated rings. The zero-order valence-electron chi connectivity index (χ0n) is 11.3. The molecule has 0 radical (unpaired) electrons. The third-order valence-electron chi connectivity index (χ3n) is 2.56. The summed E-state index contributed by atoms with van der Waals surface area (Å²) in [5.74, 6) is 5.61. The standard InChI is InChI=1S/C17H14FNO2/c18-15-8-10-16(11-9-15)21-13-17(20)19-12-4-7-14-5-2-1-3-6-14/h1-3,5-6,8-11H,12-13H2,(H,19,20). The summed E-state index contributed by atoms with van der Waals surface area (Å²) in [7, 11) is 0. The molecule has 0 aliphatic rings. The zero-order chi connectivity index (χ0) is 14.9. The van der Waals surface area contributed by atoms with Crippen LogP contribution in [-0.4, -0.2) is 19.1 Å². The molecule has 0 bridgehead atoms. The van der Waals surface area contributed by atoms with E-state index in [4.69, 9.17) is 4.74 Å². The first-order valence-corrected chi connectivity index (χ1v) is 6.43. The van der Waals surface area contributed by atoms with Gasteiger partial charge >= 0.3 is 0 Å². The lowest BCUT2D eigenvalue weighted by molar-refractivity contribution is -0.122. The average Bonchev–Trinajstić information content (AvgIpc) is 2.52. The van der Waals surface area contributed by atoms with Gasteiger partial charge < -0.3 is 10.1 Å². The summed E-state index contributed by atoms with van der Waals surface area (Å²) in [5.41, 5.74) is 0.898. The van der Waals surface area contributed by atoms with Gasteiger partial charge in [0.1, 0.15) is 11.6 Å². The highest BCUT2D eigenvalue weighted by Crippen LogP contribution is 2.10. The van der Waals surface area contributed by atoms with Gasteiger partial charge in [-0.1, -0.05) is 30.0 Å². The third-order valence-corrected chi connectivity index (χ3v) is 2.56. The van der Waals surface area contributed by atoms with E-state index >= 15 is 0 Å². The first kappa shape index (κ1) is 14.6. The molecule has 0 spiro atoms. The molecule has 2 aromatic carbocycles. The minimum Gasteiger partial charge on any atom is -0.484 e. The van der Waals surface area contributed by atoms with Crippen LogP contribution in [0.2, 0.25) is 0 Å². The molecular formula is C17H14FNO2. The van der Waals surface area contributed by atoms with Crippen LogP contribution in [0.4, 0.5) is 4.39 Å². The van der Waals surface area contributed by atoms with Gasteiger partial charge in [-0.3, -0.25) is 4.79 Å². The van der Waals surface area contributed by atoms with Crippen molar-refractivity contribution in [1.82, 2.24) is 5.32 Å². The molecule has 21 heavy (non-hydrogen) atoms. The second kappa shape index (κ2) is 7.71. The summed E-state index contributed by atoms with van der Waals surface area (Å²) in [4.78, 5) is 11.5. The van der Waals surface area contributed by atoms with Crippen molar-refractivity contribution in [2.75, 3.05) is 13.2 Å². The lowest BCUT2D eigenvalue weighted by atomic mass is 10.2. The van der Waals surface area contributed by atoms with Crippen LogP contribution < -0.4 is 10.1 Å². The van der Waals surface area contributed by atoms with Crippen LogP contribution in [0.1, 0.15) is 5.56 Å². The molecule has 4 heteroatoms. The summed E-state index contributed by atoms with van der Waals surface area (Å²) in [6.45, 7) is 0.124. The van der Waals surface area contributed by atoms with Crippen LogP contribution >= 0.6 is 0 Å². The van der Waals surface area contributed by atoms with Crippen LogP contribution in [0.15, 0.2) is 54.6 Å². The van der Waals surface area contributed by atoms with E-state index in [1.165, 1.54) is 24.3 Å². The predicted molar refractivity (Wildman–Crippen MR) is 78.2 cm³/mol. The number of ether oxygens (including phenoxy) is 1. The molecule has 0 heterocycles. The Bertz CT molecular complexity index is 642. The van der Waals surface area contributed by atoms with E-state index in [0.29, 0.717) is 5.75 Å². The largest absolute Gasteiger partial charge is 0.484 e. The highest BCUT2D eigenvalue weighted by Gasteiger charge is 2.01. The van der Waals surface area contributed by atoms with Crippen LogP contribution in [0.5, 0.6) is 5.75 Å². The van der Waals surface area contributed by atoms with E-state index in [1.807, 2.05) is 30.3 Å². The SMILES string of the molecule is O=C(COc1ccc(F)cc1)NCC#Cc1ccccc1. The van der Waals surface area contributed by atoms with Crippen molar-refractivity contribution < 1.29 is 13.9 Å². The van der Waals surface area contributed by atoms with Gasteiger partial charge in [0.15, 0.2) is 6.61 Å². The van der Waals surface area contributed by atoms with Crippen molar-refractivity contribution in [1.29, 1.82) is 0 Å². The van der Waals surface area contributed by atoms with Gasteiger partial charge in [0.25, 0.3) is 5.91 Å². The van der Waals surface area contributed by atoms with Crippen molar-refractivity contribution in [3.8, 4) is 17.6 Å². The summed E-state index contributed by atoms with van der Waals surface area (Å²) in [6.07, 6.45) is 0. The molecule has 0 aliphatic heterocycles. The van der Waals surface area contributed by atoms with Gasteiger partial charge in [0.05, 0.1) is 6.54 Å². The average molecular weight is 283 g/mol. The minimum absolute atomic E-state index is 0.126. The number of benzene rings is 2. The summed E-state index contributed by atoms with van der Waals surface area (Å²) < 4.78 is 17.9. The highest BCUT2D eigenvalue weighted by molar-refractivity contribution is 5.77. The topological polar surface area (TPSA) is 38.3 Å². The molecule has 0 unspecified atom stereocenters. The maximum absolute atomic E-state index is 12.7. The zero-order valence-corrected chi connectivity index (χ0v) is 11.3. The minimum atomic E-state index is -0.344. The van der Waals surface area contributed by atoms with Crippen LogP contribution in [0.25, 0.3) is 0 Å². The van der Waals surface area contributed by atoms with Crippen molar-refractivity contribution >= 4 is 5.91 Å². The first-order chi connectivity index (χ1) is 10.2. The van der Waals surface area contributed by atoms with Crippen molar-refractivity contribution in [2.24, 2.45) is 0 Å². The fraction of sp³-hybridized carbons (Fsp3) is 0.118. The molecule has 0 saturated carbocycles. The molecule has 106 valence electrons. The molecule has 0 atom stereocenters. The van der Waals surface area contributed by atoms with Crippen LogP contribution in [0, 0.1) is 17.7 Å². The molecule has 0 aromatic heterocycles. The number of hydrogen-bond acceptors (Lipinski definition) is 2. The normalized spacial score (nSPS) is 9.38. The molecule has 3 nitrogen and oxygen atoms in total. The Morgan fingerprint density at radius 1 is 1.10 bits per heavy atom. The molecule has 0 aliphatic carbocycles. The van der Waals surface area contributed by atoms with E-state index in [-0.39, 0.29) is 24.9 Å². The van der Waals surface area contributed by atoms with E-state index in [9.17, 15) is 9.18 Å². The molecular weight excluding hydrogens is 269 g/mol. The maximum atomic E-state index is 12.7. The Hall–Kier alpha value is -2.80. The smallest absolute Gasteiger partial charge is 0.258 e. The van der Waals surface area contributed by atoms with Crippen molar-refractivity contribution in [3.05, 3.63) is 66.0 Å². The van der Waals surface area contributed by atoms with Gasteiger partial charge in [0, 0.05) is 5.56 Å². The molecule has 1 N–H and O–H groups in total. The summed E-state index contributed by atoms with van der Waals surface area (Å²) in [5, 5.41) is 2.62. The monoisotopic (exact) mass is 283 g/mol. The predicted octanol–water partition coefficient (Wildman–Crippen LogP) is 2.37. The fourth-order valence-corrected chi connectivity index (χ4v) is 1.54. The second-order valence-corrected chi connectivity index (χ2v) is 4.19. The summed E-state index contributed by atoms with van der Waals surface area (Å²) in [6, 6.07) is 15.0. The first-order valence-electron chi connectivity index (χ1n) is 6.43. The van der Waals surface area contributed by atoms with E-state index in [2.05, 4.69) is 17.2 Å². The number of halogens is 1. The quantitative estimate of drug-likeness (QED) is 0.875. The number of rotatable bonds is 4. The second-order valence-electron chi connectivity index (χ2n) is 4.19. The van der Waals surface area contributed by atoms with Gasteiger partial charge in [-0.2, -0.15) is 0 Å². The summed E-state index contributed by atoms with van der Waals surface area (Å²) >= 11 is 0. The van der Waals surface area contributed by atoms with E-state index < -0.39 is 0 Å². The fourth-order valence-electron chi connectivity index (χ4n) is 1.54. The van der Waals surface area contributed by atoms with Crippen molar-refractivity contribution in [3.63, 3.8) is 0 Å². The van der Waals surface area contributed by atoms with E-state index in [1.54, 1.807) is 0 Å². The van der Waals surface area contributed by atoms with Gasteiger partial charge in [-0.05, 0) is 36.4 Å². The van der Waals surface area contributed by atoms with E-state index in [0.717, 1.165) is 5.56 Å². The Labute approximate surface area is 122 Å². The number of carbonyl (C=O) groups is 1. The Morgan fingerprint density at radius 2 is 1.81 bits per heavy atom. The van der Waals surface area contributed by atoms with Gasteiger partial charge in [-0.15, -0.1) is 0 Å². The number of hydrogen-bond donors (Lipinski definition) is 1. The highest BCUT2D eigenvalue weighted by atomic mass is 19.1.